The van der Waals surface area contributed by atoms with Gasteiger partial charge in [-0.25, -0.2) is 0 Å². The van der Waals surface area contributed by atoms with Gasteiger partial charge in [-0.15, -0.1) is 0 Å². The standard InChI is InChI=1S/C15H35N3O3/c1-5-12(16)19-9-15(8-4,10-20-13(17)6-2)11-21-14(18)7-3/h12-14H,5-11,16-18H2,1-4H3. The van der Waals surface area contributed by atoms with Gasteiger partial charge in [-0.2, -0.15) is 0 Å². The average Bonchev–Trinajstić information content (AvgIpc) is 2.53. The van der Waals surface area contributed by atoms with Gasteiger partial charge >= 0.3 is 0 Å². The summed E-state index contributed by atoms with van der Waals surface area (Å²) in [5.41, 5.74) is 17.3. The molecule has 128 valence electrons. The Kier molecular flexibility index (Phi) is 11.2. The third-order valence-corrected chi connectivity index (χ3v) is 3.77. The second-order valence-corrected chi connectivity index (χ2v) is 5.63. The Balaban J connectivity index is 4.65. The number of hydrogen-bond acceptors (Lipinski definition) is 6. The van der Waals surface area contributed by atoms with Gasteiger partial charge in [0, 0.05) is 5.41 Å². The molecule has 21 heavy (non-hydrogen) atoms. The Hall–Kier alpha value is -0.240. The van der Waals surface area contributed by atoms with E-state index in [1.807, 2.05) is 20.8 Å². The molecule has 0 saturated heterocycles. The van der Waals surface area contributed by atoms with Gasteiger partial charge in [0.1, 0.15) is 18.7 Å². The molecule has 0 spiro atoms. The molecule has 0 aromatic carbocycles. The zero-order chi connectivity index (χ0) is 16.3. The minimum Gasteiger partial charge on any atom is -0.363 e. The van der Waals surface area contributed by atoms with E-state index in [4.69, 9.17) is 31.4 Å². The van der Waals surface area contributed by atoms with E-state index in [1.165, 1.54) is 0 Å². The second kappa shape index (κ2) is 11.3. The van der Waals surface area contributed by atoms with Crippen molar-refractivity contribution in [2.45, 2.75) is 72.1 Å². The van der Waals surface area contributed by atoms with Crippen molar-refractivity contribution in [3.63, 3.8) is 0 Å². The minimum atomic E-state index is -0.271. The number of nitrogens with two attached hydrogens (primary N) is 3. The average molecular weight is 305 g/mol. The summed E-state index contributed by atoms with van der Waals surface area (Å²) >= 11 is 0. The molecule has 0 aliphatic heterocycles. The van der Waals surface area contributed by atoms with E-state index in [-0.39, 0.29) is 24.1 Å². The van der Waals surface area contributed by atoms with Gasteiger partial charge in [0.2, 0.25) is 0 Å². The van der Waals surface area contributed by atoms with Gasteiger partial charge in [-0.1, -0.05) is 27.7 Å². The van der Waals surface area contributed by atoms with E-state index in [9.17, 15) is 0 Å². The van der Waals surface area contributed by atoms with Gasteiger partial charge in [-0.05, 0) is 25.7 Å². The predicted molar refractivity (Wildman–Crippen MR) is 85.4 cm³/mol. The summed E-state index contributed by atoms with van der Waals surface area (Å²) in [6.45, 7) is 9.49. The van der Waals surface area contributed by atoms with Crippen molar-refractivity contribution >= 4 is 0 Å². The maximum absolute atomic E-state index is 5.85. The van der Waals surface area contributed by atoms with E-state index in [2.05, 4.69) is 6.92 Å². The maximum atomic E-state index is 5.85. The van der Waals surface area contributed by atoms with Gasteiger partial charge < -0.3 is 31.4 Å². The van der Waals surface area contributed by atoms with Crippen molar-refractivity contribution < 1.29 is 14.2 Å². The van der Waals surface area contributed by atoms with E-state index >= 15 is 0 Å². The molecule has 6 heteroatoms. The zero-order valence-corrected chi connectivity index (χ0v) is 14.1. The largest absolute Gasteiger partial charge is 0.363 e. The van der Waals surface area contributed by atoms with Crippen LogP contribution < -0.4 is 17.2 Å². The molecule has 0 aliphatic rings. The molecular formula is C15H35N3O3. The van der Waals surface area contributed by atoms with Crippen LogP contribution in [0.2, 0.25) is 0 Å². The molecule has 0 fully saturated rings. The molecule has 0 aromatic rings. The Bertz CT molecular complexity index is 218. The summed E-state index contributed by atoms with van der Waals surface area (Å²) in [5.74, 6) is 0. The predicted octanol–water partition coefficient (Wildman–Crippen LogP) is 1.52. The molecule has 0 saturated carbocycles. The minimum absolute atomic E-state index is 0.268. The first-order chi connectivity index (χ1) is 9.92. The molecule has 6 nitrogen and oxygen atoms in total. The highest BCUT2D eigenvalue weighted by Gasteiger charge is 2.31. The van der Waals surface area contributed by atoms with Crippen LogP contribution in [-0.4, -0.2) is 38.5 Å². The van der Waals surface area contributed by atoms with E-state index in [0.29, 0.717) is 19.8 Å². The van der Waals surface area contributed by atoms with E-state index < -0.39 is 0 Å². The molecule has 0 bridgehead atoms. The molecular weight excluding hydrogens is 270 g/mol. The summed E-state index contributed by atoms with van der Waals surface area (Å²) < 4.78 is 17.1. The lowest BCUT2D eigenvalue weighted by Gasteiger charge is -2.34. The molecule has 6 N–H and O–H groups in total. The van der Waals surface area contributed by atoms with Crippen molar-refractivity contribution in [2.24, 2.45) is 22.6 Å². The lowest BCUT2D eigenvalue weighted by molar-refractivity contribution is -0.114. The lowest BCUT2D eigenvalue weighted by Crippen LogP contribution is -2.43. The quantitative estimate of drug-likeness (QED) is 0.445. The van der Waals surface area contributed by atoms with Gasteiger partial charge in [0.15, 0.2) is 0 Å². The topological polar surface area (TPSA) is 106 Å². The van der Waals surface area contributed by atoms with Gasteiger partial charge in [-0.3, -0.25) is 0 Å². The fourth-order valence-corrected chi connectivity index (χ4v) is 1.64. The van der Waals surface area contributed by atoms with Crippen LogP contribution in [0.1, 0.15) is 53.4 Å². The molecule has 0 aliphatic carbocycles. The van der Waals surface area contributed by atoms with Crippen LogP contribution in [0.25, 0.3) is 0 Å². The summed E-state index contributed by atoms with van der Waals surface area (Å²) in [5, 5.41) is 0. The molecule has 3 unspecified atom stereocenters. The first-order valence-corrected chi connectivity index (χ1v) is 8.04. The molecule has 0 aromatic heterocycles. The van der Waals surface area contributed by atoms with Crippen LogP contribution >= 0.6 is 0 Å². The van der Waals surface area contributed by atoms with Crippen molar-refractivity contribution in [1.82, 2.24) is 0 Å². The van der Waals surface area contributed by atoms with Gasteiger partial charge in [0.05, 0.1) is 19.8 Å². The summed E-state index contributed by atoms with van der Waals surface area (Å²) in [4.78, 5) is 0. The third-order valence-electron chi connectivity index (χ3n) is 3.77. The Labute approximate surface area is 129 Å². The smallest absolute Gasteiger partial charge is 0.105 e. The van der Waals surface area contributed by atoms with Crippen molar-refractivity contribution in [3.05, 3.63) is 0 Å². The van der Waals surface area contributed by atoms with Crippen LogP contribution in [0.4, 0.5) is 0 Å². The molecule has 0 radical (unpaired) electrons. The molecule has 0 rings (SSSR count). The number of hydrogen-bond donors (Lipinski definition) is 3. The Morgan fingerprint density at radius 1 is 0.667 bits per heavy atom. The highest BCUT2D eigenvalue weighted by atomic mass is 16.5. The first-order valence-electron chi connectivity index (χ1n) is 8.04. The fraction of sp³-hybridized carbons (Fsp3) is 1.00. The third kappa shape index (κ3) is 8.70. The van der Waals surface area contributed by atoms with Crippen molar-refractivity contribution in [2.75, 3.05) is 19.8 Å². The fourth-order valence-electron chi connectivity index (χ4n) is 1.64. The molecule has 3 atom stereocenters. The Morgan fingerprint density at radius 3 is 1.14 bits per heavy atom. The highest BCUT2D eigenvalue weighted by molar-refractivity contribution is 4.79. The van der Waals surface area contributed by atoms with Crippen LogP contribution in [0.3, 0.4) is 0 Å². The zero-order valence-electron chi connectivity index (χ0n) is 14.1. The Morgan fingerprint density at radius 2 is 0.952 bits per heavy atom. The summed E-state index contributed by atoms with van der Waals surface area (Å²) in [6.07, 6.45) is 2.34. The van der Waals surface area contributed by atoms with E-state index in [0.717, 1.165) is 25.7 Å². The first kappa shape index (κ1) is 20.8. The van der Waals surface area contributed by atoms with Crippen LogP contribution in [0, 0.1) is 5.41 Å². The highest BCUT2D eigenvalue weighted by Crippen LogP contribution is 2.25. The number of rotatable bonds is 13. The van der Waals surface area contributed by atoms with Crippen molar-refractivity contribution in [1.29, 1.82) is 0 Å². The van der Waals surface area contributed by atoms with E-state index in [1.54, 1.807) is 0 Å². The van der Waals surface area contributed by atoms with Crippen molar-refractivity contribution in [3.8, 4) is 0 Å². The lowest BCUT2D eigenvalue weighted by atomic mass is 9.88. The molecule has 0 heterocycles. The monoisotopic (exact) mass is 305 g/mol. The normalized spacial score (nSPS) is 19.0. The van der Waals surface area contributed by atoms with Gasteiger partial charge in [0.25, 0.3) is 0 Å². The maximum Gasteiger partial charge on any atom is 0.105 e. The second-order valence-electron chi connectivity index (χ2n) is 5.63. The van der Waals surface area contributed by atoms with Crippen LogP contribution in [0.5, 0.6) is 0 Å². The van der Waals surface area contributed by atoms with Crippen LogP contribution in [0.15, 0.2) is 0 Å². The summed E-state index contributed by atoms with van der Waals surface area (Å²) in [6, 6.07) is 0. The molecule has 0 amide bonds. The SMILES string of the molecule is CCC(N)OCC(CC)(COC(N)CC)COC(N)CC. The summed E-state index contributed by atoms with van der Waals surface area (Å²) in [7, 11) is 0. The van der Waals surface area contributed by atoms with Crippen LogP contribution in [-0.2, 0) is 14.2 Å². The number of ether oxygens (including phenoxy) is 3.